The highest BCUT2D eigenvalue weighted by molar-refractivity contribution is 6.36. The molecular weight excluding hydrogens is 1890 g/mol. The summed E-state index contributed by atoms with van der Waals surface area (Å²) in [5, 5.41) is 26.1. The molecule has 0 aliphatic carbocycles. The summed E-state index contributed by atoms with van der Waals surface area (Å²) in [4.78, 5) is 71.9. The number of carbonyl (C=O) groups is 4. The Labute approximate surface area is 813 Å². The minimum Gasteiger partial charge on any atom is -0.464 e. The van der Waals surface area contributed by atoms with Crippen LogP contribution in [0.3, 0.4) is 0 Å². The van der Waals surface area contributed by atoms with Gasteiger partial charge in [-0.3, -0.25) is 14.8 Å². The van der Waals surface area contributed by atoms with Crippen molar-refractivity contribution in [1.82, 2.24) is 52.7 Å². The predicted octanol–water partition coefficient (Wildman–Crippen LogP) is 27.5. The summed E-state index contributed by atoms with van der Waals surface area (Å²) in [5.74, 6) is -1.35. The SMILES string of the molecule is CC(=O)c1cc2c3ccccc3n(Cc3cc(Cl)ccc3Cl)c2cn1.CC(C)OC(=O)c1cc2c3ccccc3n(Cc3cc(Cl)ccc3Cl)c2cn1.CN(C)CCOC(=O)c1cc2c3ccccc3n(Cc3cc(Cl)ccc3Cl)c2cn1.COC(=O)c1cc2c3ccccc3n(Cc3cc(Cl)ccc3Cl)c2cn1.OCc1cc2c3ccccc3n(Cc3cc(Cl)ccc3Cl)c2cn1. The number of methoxy groups -OCH3 is 1. The van der Waals surface area contributed by atoms with Crippen molar-refractivity contribution in [3.05, 3.63) is 380 Å². The third-order valence-electron chi connectivity index (χ3n) is 22.5. The molecule has 10 aromatic heterocycles. The monoisotopic (exact) mass is 1960 g/mol. The lowest BCUT2D eigenvalue weighted by Crippen LogP contribution is -2.20. The van der Waals surface area contributed by atoms with E-state index >= 15 is 0 Å². The number of halogens is 10. The van der Waals surface area contributed by atoms with Crippen LogP contribution in [0.4, 0.5) is 0 Å². The summed E-state index contributed by atoms with van der Waals surface area (Å²) in [7, 11) is 5.21. The van der Waals surface area contributed by atoms with Gasteiger partial charge in [-0.1, -0.05) is 207 Å². The lowest BCUT2D eigenvalue weighted by molar-refractivity contribution is 0.0369. The molecule has 0 atom stereocenters. The number of para-hydroxylation sites is 5. The Bertz CT molecular complexity index is 7900. The first-order valence-electron chi connectivity index (χ1n) is 41.9. The van der Waals surface area contributed by atoms with Crippen molar-refractivity contribution in [1.29, 1.82) is 0 Å². The maximum absolute atomic E-state index is 12.4. The second-order valence-electron chi connectivity index (χ2n) is 31.8. The number of esters is 3. The Balaban J connectivity index is 0.000000121. The van der Waals surface area contributed by atoms with Gasteiger partial charge < -0.3 is 47.1 Å². The summed E-state index contributed by atoms with van der Waals surface area (Å²) in [6.07, 6.45) is 8.49. The number of fused-ring (bicyclic) bond motifs is 15. The molecule has 0 amide bonds. The van der Waals surface area contributed by atoms with Crippen molar-refractivity contribution in [3.8, 4) is 0 Å². The second-order valence-corrected chi connectivity index (χ2v) is 36.1. The number of likely N-dealkylation sites (N-methyl/N-ethyl adjacent to an activating group) is 1. The van der Waals surface area contributed by atoms with Crippen LogP contribution in [0.5, 0.6) is 0 Å². The van der Waals surface area contributed by atoms with Gasteiger partial charge in [0.05, 0.1) is 84.1 Å². The van der Waals surface area contributed by atoms with Crippen LogP contribution in [0, 0.1) is 0 Å². The van der Waals surface area contributed by atoms with Gasteiger partial charge in [0.15, 0.2) is 5.78 Å². The number of ether oxygens (including phenoxy) is 3. The van der Waals surface area contributed by atoms with Crippen LogP contribution in [0.2, 0.25) is 50.2 Å². The number of nitrogens with zero attached hydrogens (tertiary/aromatic N) is 11. The fourth-order valence-corrected chi connectivity index (χ4v) is 18.0. The number of hydrogen-bond acceptors (Lipinski definition) is 14. The molecule has 133 heavy (non-hydrogen) atoms. The molecule has 29 heteroatoms. The van der Waals surface area contributed by atoms with Crippen LogP contribution in [0.15, 0.2) is 274 Å². The highest BCUT2D eigenvalue weighted by atomic mass is 35.5. The first-order chi connectivity index (χ1) is 64.2. The van der Waals surface area contributed by atoms with Crippen LogP contribution in [-0.4, -0.2) is 122 Å². The molecule has 0 spiro atoms. The zero-order chi connectivity index (χ0) is 93.6. The fourth-order valence-electron chi connectivity index (χ4n) is 16.2. The van der Waals surface area contributed by atoms with E-state index in [2.05, 4.69) is 72.0 Å². The Morgan fingerprint density at radius 3 is 0.872 bits per heavy atom. The maximum Gasteiger partial charge on any atom is 0.357 e. The number of aliphatic hydroxyl groups excluding tert-OH is 1. The molecule has 0 saturated carbocycles. The predicted molar refractivity (Wildman–Crippen MR) is 541 cm³/mol. The summed E-state index contributed by atoms with van der Waals surface area (Å²) >= 11 is 62.6. The number of pyridine rings is 5. The third kappa shape index (κ3) is 20.8. The Kier molecular flexibility index (Phi) is 29.4. The quantitative estimate of drug-likeness (QED) is 0.0454. The van der Waals surface area contributed by atoms with E-state index in [9.17, 15) is 24.3 Å². The molecule has 10 aromatic carbocycles. The molecule has 0 aliphatic heterocycles. The van der Waals surface area contributed by atoms with Crippen molar-refractivity contribution in [2.24, 2.45) is 0 Å². The number of ketones is 1. The van der Waals surface area contributed by atoms with E-state index in [0.29, 0.717) is 119 Å². The molecule has 0 radical (unpaired) electrons. The van der Waals surface area contributed by atoms with Crippen LogP contribution in [-0.2, 0) is 53.5 Å². The van der Waals surface area contributed by atoms with Crippen LogP contribution in [0.25, 0.3) is 109 Å². The van der Waals surface area contributed by atoms with Gasteiger partial charge in [0.2, 0.25) is 0 Å². The summed E-state index contributed by atoms with van der Waals surface area (Å²) in [6, 6.07) is 76.8. The summed E-state index contributed by atoms with van der Waals surface area (Å²) in [5.41, 5.74) is 16.6. The lowest BCUT2D eigenvalue weighted by atomic mass is 10.1. The van der Waals surface area contributed by atoms with E-state index in [1.54, 1.807) is 104 Å². The Hall–Kier alpha value is -12.2. The first-order valence-corrected chi connectivity index (χ1v) is 45.7. The summed E-state index contributed by atoms with van der Waals surface area (Å²) in [6.45, 7) is 8.87. The molecule has 20 aromatic rings. The number of Topliss-reactive ketones (excluding diaryl/α,β-unsaturated/α-hetero) is 1. The van der Waals surface area contributed by atoms with E-state index < -0.39 is 17.9 Å². The van der Waals surface area contributed by atoms with Crippen LogP contribution >= 0.6 is 116 Å². The minimum atomic E-state index is -0.457. The lowest BCUT2D eigenvalue weighted by Gasteiger charge is -2.11. The van der Waals surface area contributed by atoms with Crippen molar-refractivity contribution in [2.75, 3.05) is 34.4 Å². The van der Waals surface area contributed by atoms with E-state index in [-0.39, 0.29) is 24.2 Å². The van der Waals surface area contributed by atoms with Gasteiger partial charge in [0, 0.05) is 178 Å². The van der Waals surface area contributed by atoms with Gasteiger partial charge in [0.25, 0.3) is 0 Å². The van der Waals surface area contributed by atoms with Crippen molar-refractivity contribution in [3.63, 3.8) is 0 Å². The highest BCUT2D eigenvalue weighted by Gasteiger charge is 2.24. The average Bonchev–Trinajstić information content (AvgIpc) is 1.64. The number of hydrogen-bond donors (Lipinski definition) is 1. The number of carbonyl (C=O) groups excluding carboxylic acids is 4. The van der Waals surface area contributed by atoms with Crippen molar-refractivity contribution >= 4 is 249 Å². The molecular formula is C104H81Cl10N11O8. The minimum absolute atomic E-state index is 0.0448. The number of benzene rings is 10. The van der Waals surface area contributed by atoms with Gasteiger partial charge in [-0.05, 0) is 207 Å². The van der Waals surface area contributed by atoms with Gasteiger partial charge in [-0.25, -0.2) is 29.3 Å². The average molecular weight is 1970 g/mol. The van der Waals surface area contributed by atoms with Gasteiger partial charge in [-0.15, -0.1) is 0 Å². The van der Waals surface area contributed by atoms with Gasteiger partial charge in [0.1, 0.15) is 29.4 Å². The number of aromatic nitrogens is 10. The van der Waals surface area contributed by atoms with E-state index in [1.165, 1.54) is 14.0 Å². The Morgan fingerprint density at radius 2 is 0.594 bits per heavy atom. The zero-order valence-corrected chi connectivity index (χ0v) is 79.8. The fraction of sp³-hybridized carbons (Fsp3) is 0.144. The molecule has 670 valence electrons. The topological polar surface area (TPSA) is 209 Å². The molecule has 0 unspecified atom stereocenters. The number of rotatable bonds is 19. The largest absolute Gasteiger partial charge is 0.464 e. The number of aliphatic hydroxyl groups is 1. The summed E-state index contributed by atoms with van der Waals surface area (Å²) < 4.78 is 26.1. The molecule has 1 N–H and O–H groups in total. The molecule has 0 saturated heterocycles. The molecule has 20 rings (SSSR count). The van der Waals surface area contributed by atoms with Crippen molar-refractivity contribution in [2.45, 2.75) is 66.2 Å². The maximum atomic E-state index is 12.4. The van der Waals surface area contributed by atoms with E-state index in [0.717, 1.165) is 137 Å². The van der Waals surface area contributed by atoms with Gasteiger partial charge in [-0.2, -0.15) is 0 Å². The molecule has 0 bridgehead atoms. The van der Waals surface area contributed by atoms with Crippen LogP contribution < -0.4 is 0 Å². The van der Waals surface area contributed by atoms with Gasteiger partial charge >= 0.3 is 17.9 Å². The normalized spacial score (nSPS) is 11.4. The first kappa shape index (κ1) is 94.1. The third-order valence-corrected chi connectivity index (χ3v) is 25.5. The van der Waals surface area contributed by atoms with Crippen molar-refractivity contribution < 1.29 is 38.5 Å². The van der Waals surface area contributed by atoms with Crippen LogP contribution in [0.1, 0.15) is 96.2 Å². The molecule has 10 heterocycles. The van der Waals surface area contributed by atoms with E-state index in [4.69, 9.17) is 130 Å². The zero-order valence-electron chi connectivity index (χ0n) is 72.2. The molecule has 19 nitrogen and oxygen atoms in total. The smallest absolute Gasteiger partial charge is 0.357 e. The Morgan fingerprint density at radius 1 is 0.331 bits per heavy atom. The molecule has 0 aliphatic rings. The second kappa shape index (κ2) is 41.6. The van der Waals surface area contributed by atoms with E-state index in [1.807, 2.05) is 178 Å². The highest BCUT2D eigenvalue weighted by Crippen LogP contribution is 2.39. The standard InChI is InChI=1S/C23H21Cl2N3O2.C22H18Cl2N2O2.C20H14Cl2N2O2.C20H14Cl2N2O.C19H14Cl2N2O/c1-27(2)9-10-30-23(29)20-12-18-17-5-3-4-6-21(17)28(22(18)13-26-20)14-15-11-16(24)7-8-19(15)25;1-13(2)28-22(27)19-10-17-16-5-3-4-6-20(16)26(21(17)11-25-19)12-14-9-15(23)7-8-18(14)24;1-26-20(25)17-9-15-14-4-2-3-5-18(14)24(19(15)10-23-17)11-12-8-13(21)6-7-16(12)22;1-12(25)18-9-16-15-4-2-3-5-19(15)24(20(16)10-23-18)11-13-8-14(21)6-7-17(13)22;20-13-5-6-17(21)12(7-13)10-23-18-4-2-1-3-15(18)16-8-14(11-24)22-9-19(16)23/h3-8,11-13H,9-10,14H2,1-2H3;3-11,13H,12H2,1-2H3;2-10H,11H2,1H3;2-10H,11H2,1H3;1-9,24H,10-11H2. The molecule has 0 fully saturated rings.